The molecule has 25 heavy (non-hydrogen) atoms. The predicted molar refractivity (Wildman–Crippen MR) is 106 cm³/mol. The Kier molecular flexibility index (Phi) is 8.66. The van der Waals surface area contributed by atoms with Gasteiger partial charge < -0.3 is 5.11 Å². The number of aliphatic hydroxyl groups excluding tert-OH is 1. The van der Waals surface area contributed by atoms with Crippen LogP contribution in [0.5, 0.6) is 0 Å². The van der Waals surface area contributed by atoms with Crippen LogP contribution in [0.3, 0.4) is 0 Å². The Morgan fingerprint density at radius 1 is 0.880 bits per heavy atom. The van der Waals surface area contributed by atoms with E-state index >= 15 is 0 Å². The Bertz CT molecular complexity index is 510. The maximum absolute atomic E-state index is 12.2. The van der Waals surface area contributed by atoms with E-state index in [4.69, 9.17) is 0 Å². The summed E-state index contributed by atoms with van der Waals surface area (Å²) in [4.78, 5) is 12.2. The van der Waals surface area contributed by atoms with Crippen LogP contribution in [0.25, 0.3) is 0 Å². The Balaban J connectivity index is 0.00000113. The molecule has 4 aliphatic rings. The molecule has 0 bridgehead atoms. The van der Waals surface area contributed by atoms with Crippen molar-refractivity contribution in [2.45, 2.75) is 84.7 Å². The van der Waals surface area contributed by atoms with Gasteiger partial charge in [0.05, 0.1) is 6.10 Å². The Morgan fingerprint density at radius 2 is 1.52 bits per heavy atom. The van der Waals surface area contributed by atoms with Crippen LogP contribution in [-0.4, -0.2) is 120 Å². The van der Waals surface area contributed by atoms with Crippen molar-refractivity contribution in [2.24, 2.45) is 40.4 Å². The topological polar surface area (TPSA) is 37.3 Å². The monoisotopic (exact) mass is 398 g/mol. The first-order valence-corrected chi connectivity index (χ1v) is 10.0. The molecular formula is C21H36K2O2. The molecule has 1 N–H and O–H groups in total. The van der Waals surface area contributed by atoms with Crippen LogP contribution in [-0.2, 0) is 4.79 Å². The normalized spacial score (nSPS) is 51.2. The Labute approximate surface area is 239 Å². The number of carbonyl (C=O) groups is 1. The molecule has 8 atom stereocenters. The second-order valence-electron chi connectivity index (χ2n) is 9.87. The first-order chi connectivity index (χ1) is 10.9. The third-order valence-electron chi connectivity index (χ3n) is 9.13. The van der Waals surface area contributed by atoms with Gasteiger partial charge in [-0.3, -0.25) is 4.79 Å². The predicted octanol–water partition coefficient (Wildman–Crippen LogP) is 3.30. The van der Waals surface area contributed by atoms with Gasteiger partial charge in [0.15, 0.2) is 0 Å². The molecule has 4 fully saturated rings. The molecule has 0 aromatic rings. The molecule has 0 heterocycles. The van der Waals surface area contributed by atoms with Crippen LogP contribution >= 0.6 is 0 Å². The number of fused-ring (bicyclic) bond motifs is 5. The second-order valence-corrected chi connectivity index (χ2v) is 9.87. The molecule has 0 aromatic heterocycles. The quantitative estimate of drug-likeness (QED) is 0.688. The summed E-state index contributed by atoms with van der Waals surface area (Å²) < 4.78 is 0. The summed E-state index contributed by atoms with van der Waals surface area (Å²) in [7, 11) is 0. The van der Waals surface area contributed by atoms with E-state index in [1.807, 2.05) is 6.92 Å². The first-order valence-electron chi connectivity index (χ1n) is 10.0. The van der Waals surface area contributed by atoms with E-state index in [-0.39, 0.29) is 114 Å². The van der Waals surface area contributed by atoms with E-state index in [0.717, 1.165) is 42.9 Å². The van der Waals surface area contributed by atoms with Crippen molar-refractivity contribution in [1.29, 1.82) is 0 Å². The van der Waals surface area contributed by atoms with Gasteiger partial charge in [0.25, 0.3) is 0 Å². The molecule has 0 aromatic carbocycles. The van der Waals surface area contributed by atoms with E-state index in [1.165, 1.54) is 38.5 Å². The number of hydrogen-bond acceptors (Lipinski definition) is 2. The van der Waals surface area contributed by atoms with Crippen LogP contribution in [0, 0.1) is 40.4 Å². The van der Waals surface area contributed by atoms with E-state index in [0.29, 0.717) is 17.1 Å². The minimum atomic E-state index is -0.0490. The van der Waals surface area contributed by atoms with Crippen molar-refractivity contribution in [3.8, 4) is 0 Å². The SMILES string of the molecule is CC(=O)[C@H]1CC[C@H]2[C@@H]3CC[C@@H]4CC(O)CC[C@]4(C)[C@H]3CC[C@]12C.[KH].[KH]. The summed E-state index contributed by atoms with van der Waals surface area (Å²) in [5.41, 5.74) is 0.738. The molecule has 4 saturated carbocycles. The molecule has 0 spiro atoms. The van der Waals surface area contributed by atoms with Crippen molar-refractivity contribution >= 4 is 109 Å². The van der Waals surface area contributed by atoms with Crippen molar-refractivity contribution in [1.82, 2.24) is 0 Å². The van der Waals surface area contributed by atoms with Crippen molar-refractivity contribution < 1.29 is 9.90 Å². The number of aliphatic hydroxyl groups is 1. The van der Waals surface area contributed by atoms with Crippen LogP contribution in [0.2, 0.25) is 0 Å². The average Bonchev–Trinajstić information content (AvgIpc) is 2.85. The summed E-state index contributed by atoms with van der Waals surface area (Å²) in [5, 5.41) is 10.1. The second kappa shape index (κ2) is 8.95. The molecule has 1 unspecified atom stereocenters. The van der Waals surface area contributed by atoms with Crippen molar-refractivity contribution in [3.63, 3.8) is 0 Å². The third-order valence-corrected chi connectivity index (χ3v) is 9.13. The van der Waals surface area contributed by atoms with Gasteiger partial charge in [-0.05, 0) is 99.2 Å². The van der Waals surface area contributed by atoms with E-state index in [1.54, 1.807) is 0 Å². The van der Waals surface area contributed by atoms with E-state index in [2.05, 4.69) is 13.8 Å². The van der Waals surface area contributed by atoms with Gasteiger partial charge in [-0.15, -0.1) is 0 Å². The van der Waals surface area contributed by atoms with Crippen LogP contribution in [0.1, 0.15) is 78.6 Å². The summed E-state index contributed by atoms with van der Waals surface area (Å²) in [6, 6.07) is 0. The van der Waals surface area contributed by atoms with Gasteiger partial charge in [-0.1, -0.05) is 13.8 Å². The Morgan fingerprint density at radius 3 is 2.20 bits per heavy atom. The van der Waals surface area contributed by atoms with Gasteiger partial charge in [0.2, 0.25) is 0 Å². The van der Waals surface area contributed by atoms with E-state index < -0.39 is 0 Å². The van der Waals surface area contributed by atoms with E-state index in [9.17, 15) is 9.90 Å². The molecule has 2 nitrogen and oxygen atoms in total. The van der Waals surface area contributed by atoms with Gasteiger partial charge in [0, 0.05) is 5.92 Å². The fraction of sp³-hybridized carbons (Fsp3) is 0.952. The minimum absolute atomic E-state index is 0. The number of hydrogen-bond donors (Lipinski definition) is 1. The zero-order chi connectivity index (χ0) is 16.4. The van der Waals surface area contributed by atoms with Gasteiger partial charge in [0.1, 0.15) is 5.78 Å². The molecule has 4 heteroatoms. The maximum atomic E-state index is 12.2. The number of Topliss-reactive ketones (excluding diaryl/α,β-unsaturated/α-hetero) is 1. The molecule has 0 radical (unpaired) electrons. The summed E-state index contributed by atoms with van der Waals surface area (Å²) >= 11 is 0. The summed E-state index contributed by atoms with van der Waals surface area (Å²) in [6.07, 6.45) is 10.9. The molecule has 0 aliphatic heterocycles. The number of ketones is 1. The fourth-order valence-electron chi connectivity index (χ4n) is 7.90. The summed E-state index contributed by atoms with van der Waals surface area (Å²) in [6.45, 7) is 6.80. The van der Waals surface area contributed by atoms with Gasteiger partial charge >= 0.3 is 103 Å². The molecular weight excluding hydrogens is 362 g/mol. The van der Waals surface area contributed by atoms with Crippen molar-refractivity contribution in [3.05, 3.63) is 0 Å². The van der Waals surface area contributed by atoms with Crippen LogP contribution in [0.4, 0.5) is 0 Å². The average molecular weight is 399 g/mol. The third kappa shape index (κ3) is 3.96. The zero-order valence-electron chi connectivity index (χ0n) is 15.2. The summed E-state index contributed by atoms with van der Waals surface area (Å²) in [5.74, 6) is 3.97. The molecule has 0 amide bonds. The van der Waals surface area contributed by atoms with Crippen LogP contribution < -0.4 is 0 Å². The number of carbonyl (C=O) groups excluding carboxylic acids is 1. The van der Waals surface area contributed by atoms with Crippen LogP contribution in [0.15, 0.2) is 0 Å². The molecule has 4 aliphatic carbocycles. The number of rotatable bonds is 1. The van der Waals surface area contributed by atoms with Crippen molar-refractivity contribution in [2.75, 3.05) is 0 Å². The molecule has 0 saturated heterocycles. The zero-order valence-corrected chi connectivity index (χ0v) is 15.2. The standard InChI is InChI=1S/C21H34O2.2K.2H/c1-13(22)17-6-7-18-16-5-4-14-12-15(23)8-10-20(14,2)19(16)9-11-21(17,18)3;;;;/h14-19,23H,4-12H2,1-3H3;;;;/t14-,15?,16+,17-,18+,19+,20+,21-;;;;/m1..../s1. The van der Waals surface area contributed by atoms with Gasteiger partial charge in [-0.2, -0.15) is 0 Å². The first kappa shape index (κ1) is 24.2. The fourth-order valence-corrected chi connectivity index (χ4v) is 7.90. The Hall–Kier alpha value is 2.90. The van der Waals surface area contributed by atoms with Gasteiger partial charge in [-0.25, -0.2) is 0 Å². The molecule has 4 rings (SSSR count). The molecule has 134 valence electrons.